The summed E-state index contributed by atoms with van der Waals surface area (Å²) in [5.41, 5.74) is 0.271. The Morgan fingerprint density at radius 1 is 1.00 bits per heavy atom. The molecule has 0 aromatic heterocycles. The van der Waals surface area contributed by atoms with E-state index in [9.17, 15) is 14.4 Å². The number of amides is 3. The van der Waals surface area contributed by atoms with E-state index in [4.69, 9.17) is 14.2 Å². The van der Waals surface area contributed by atoms with Crippen LogP contribution in [0.4, 0.5) is 4.79 Å². The van der Waals surface area contributed by atoms with Gasteiger partial charge in [0.05, 0.1) is 31.9 Å². The van der Waals surface area contributed by atoms with Crippen LogP contribution in [0.2, 0.25) is 0 Å². The molecule has 4 heterocycles. The van der Waals surface area contributed by atoms with Crippen LogP contribution in [-0.4, -0.2) is 90.4 Å². The second-order valence-electron chi connectivity index (χ2n) is 11.4. The molecule has 0 spiro atoms. The Balaban J connectivity index is 1.33. The lowest BCUT2D eigenvalue weighted by molar-refractivity contribution is -0.145. The fourth-order valence-corrected chi connectivity index (χ4v) is 5.74. The van der Waals surface area contributed by atoms with E-state index in [0.717, 1.165) is 30.7 Å². The van der Waals surface area contributed by atoms with Gasteiger partial charge in [0.2, 0.25) is 11.8 Å². The molecule has 0 radical (unpaired) electrons. The van der Waals surface area contributed by atoms with Crippen molar-refractivity contribution >= 4 is 17.9 Å². The Hall–Kier alpha value is -2.85. The van der Waals surface area contributed by atoms with Crippen molar-refractivity contribution in [1.82, 2.24) is 20.4 Å². The van der Waals surface area contributed by atoms with E-state index in [1.807, 2.05) is 24.3 Å². The zero-order valence-electron chi connectivity index (χ0n) is 21.9. The Morgan fingerprint density at radius 2 is 1.78 bits per heavy atom. The lowest BCUT2D eigenvalue weighted by atomic mass is 10.00. The van der Waals surface area contributed by atoms with Gasteiger partial charge in [0.25, 0.3) is 0 Å². The van der Waals surface area contributed by atoms with Crippen LogP contribution in [0.5, 0.6) is 5.75 Å². The van der Waals surface area contributed by atoms with Crippen molar-refractivity contribution in [1.29, 1.82) is 0 Å². The van der Waals surface area contributed by atoms with Gasteiger partial charge in [-0.3, -0.25) is 14.5 Å². The van der Waals surface area contributed by atoms with Crippen molar-refractivity contribution < 1.29 is 28.6 Å². The highest BCUT2D eigenvalue weighted by Gasteiger charge is 2.46. The summed E-state index contributed by atoms with van der Waals surface area (Å²) in [6, 6.07) is 6.36. The third-order valence-electron chi connectivity index (χ3n) is 7.63. The number of nitrogens with zero attached hydrogens (tertiary/aromatic N) is 2. The summed E-state index contributed by atoms with van der Waals surface area (Å²) in [5, 5.41) is 6.00. The predicted molar refractivity (Wildman–Crippen MR) is 135 cm³/mol. The first kappa shape index (κ1) is 25.8. The van der Waals surface area contributed by atoms with E-state index in [0.29, 0.717) is 39.2 Å². The van der Waals surface area contributed by atoms with E-state index < -0.39 is 23.8 Å². The number of alkyl carbamates (subject to hydrolysis) is 1. The maximum atomic E-state index is 14.0. The highest BCUT2D eigenvalue weighted by molar-refractivity contribution is 5.92. The molecule has 4 atom stereocenters. The maximum Gasteiger partial charge on any atom is 0.408 e. The minimum Gasteiger partial charge on any atom is -0.493 e. The third-order valence-corrected chi connectivity index (χ3v) is 7.63. The smallest absolute Gasteiger partial charge is 0.408 e. The molecule has 0 bridgehead atoms. The van der Waals surface area contributed by atoms with E-state index >= 15 is 0 Å². The molecular formula is C27H38N4O6. The molecule has 3 amide bonds. The van der Waals surface area contributed by atoms with Gasteiger partial charge in [-0.15, -0.1) is 0 Å². The molecule has 37 heavy (non-hydrogen) atoms. The van der Waals surface area contributed by atoms with Gasteiger partial charge >= 0.3 is 6.09 Å². The van der Waals surface area contributed by atoms with Crippen LogP contribution in [0.15, 0.2) is 24.3 Å². The molecule has 3 saturated heterocycles. The Morgan fingerprint density at radius 3 is 2.51 bits per heavy atom. The largest absolute Gasteiger partial charge is 0.493 e. The molecule has 0 unspecified atom stereocenters. The van der Waals surface area contributed by atoms with Gasteiger partial charge in [-0.25, -0.2) is 4.79 Å². The van der Waals surface area contributed by atoms with Gasteiger partial charge in [0.1, 0.15) is 23.4 Å². The van der Waals surface area contributed by atoms with Crippen molar-refractivity contribution in [2.24, 2.45) is 0 Å². The summed E-state index contributed by atoms with van der Waals surface area (Å²) >= 11 is 0. The van der Waals surface area contributed by atoms with Crippen LogP contribution in [0, 0.1) is 0 Å². The summed E-state index contributed by atoms with van der Waals surface area (Å²) in [6.45, 7) is 8.27. The first-order valence-corrected chi connectivity index (χ1v) is 13.3. The lowest BCUT2D eigenvalue weighted by Gasteiger charge is -2.43. The molecule has 5 rings (SSSR count). The van der Waals surface area contributed by atoms with Crippen LogP contribution >= 0.6 is 0 Å². The summed E-state index contributed by atoms with van der Waals surface area (Å²) in [7, 11) is 0. The standard InChI is InChI=1S/C27H38N4O6/c1-27(2,3)37-26(34)29-21-14-30(18-15-35-16-18)12-10-17-8-9-22(31(17)25(21)33)24(32)28-20-11-13-36-23-7-5-4-6-19(20)23/h4-7,17-18,20-22H,8-16H2,1-3H3,(H,28,32)(H,29,34)/t17-,20-,21+,22+/m1/s1. The van der Waals surface area contributed by atoms with Crippen LogP contribution in [0.3, 0.4) is 0 Å². The van der Waals surface area contributed by atoms with E-state index in [1.54, 1.807) is 25.7 Å². The van der Waals surface area contributed by atoms with Crippen LogP contribution in [0.25, 0.3) is 0 Å². The average Bonchev–Trinajstić information content (AvgIpc) is 3.22. The number of hydrogen-bond donors (Lipinski definition) is 2. The number of carbonyl (C=O) groups excluding carboxylic acids is 3. The van der Waals surface area contributed by atoms with E-state index in [2.05, 4.69) is 15.5 Å². The number of ether oxygens (including phenoxy) is 3. The molecule has 4 aliphatic rings. The van der Waals surface area contributed by atoms with E-state index in [1.165, 1.54) is 0 Å². The van der Waals surface area contributed by atoms with Gasteiger partial charge in [-0.2, -0.15) is 0 Å². The topological polar surface area (TPSA) is 109 Å². The van der Waals surface area contributed by atoms with Gasteiger partial charge in [-0.1, -0.05) is 18.2 Å². The quantitative estimate of drug-likeness (QED) is 0.632. The molecule has 2 N–H and O–H groups in total. The molecule has 10 heteroatoms. The van der Waals surface area contributed by atoms with E-state index in [-0.39, 0.29) is 29.9 Å². The highest BCUT2D eigenvalue weighted by atomic mass is 16.6. The van der Waals surface area contributed by atoms with Gasteiger partial charge in [-0.05, 0) is 46.1 Å². The number of carbonyl (C=O) groups is 3. The summed E-state index contributed by atoms with van der Waals surface area (Å²) in [5.74, 6) is 0.400. The molecule has 1 aromatic carbocycles. The van der Waals surface area contributed by atoms with Crippen molar-refractivity contribution in [3.8, 4) is 5.75 Å². The second kappa shape index (κ2) is 10.5. The van der Waals surface area contributed by atoms with Crippen LogP contribution in [-0.2, 0) is 19.1 Å². The molecule has 4 aliphatic heterocycles. The predicted octanol–water partition coefficient (Wildman–Crippen LogP) is 1.98. The molecule has 202 valence electrons. The zero-order chi connectivity index (χ0) is 26.2. The molecular weight excluding hydrogens is 476 g/mol. The van der Waals surface area contributed by atoms with Crippen molar-refractivity contribution in [3.63, 3.8) is 0 Å². The minimum absolute atomic E-state index is 0.0584. The van der Waals surface area contributed by atoms with Crippen LogP contribution < -0.4 is 15.4 Å². The molecule has 10 nitrogen and oxygen atoms in total. The molecule has 0 saturated carbocycles. The van der Waals surface area contributed by atoms with Gasteiger partial charge in [0, 0.05) is 31.1 Å². The monoisotopic (exact) mass is 514 g/mol. The fraction of sp³-hybridized carbons (Fsp3) is 0.667. The summed E-state index contributed by atoms with van der Waals surface area (Å²) in [4.78, 5) is 44.2. The SMILES string of the molecule is CC(C)(C)OC(=O)N[C@H]1CN(C2COC2)CC[C@H]2CC[C@@H](C(=O)N[C@@H]3CCOc4ccccc43)N2C1=O. The Bertz CT molecular complexity index is 1020. The van der Waals surface area contributed by atoms with Gasteiger partial charge in [0.15, 0.2) is 0 Å². The number of fused-ring (bicyclic) bond motifs is 2. The average molecular weight is 515 g/mol. The normalized spacial score (nSPS) is 28.6. The fourth-order valence-electron chi connectivity index (χ4n) is 5.74. The number of nitrogens with one attached hydrogen (secondary N) is 2. The summed E-state index contributed by atoms with van der Waals surface area (Å²) in [6.07, 6.45) is 2.17. The number of benzene rings is 1. The molecule has 0 aliphatic carbocycles. The molecule has 1 aromatic rings. The highest BCUT2D eigenvalue weighted by Crippen LogP contribution is 2.34. The van der Waals surface area contributed by atoms with Crippen molar-refractivity contribution in [2.75, 3.05) is 32.9 Å². The zero-order valence-corrected chi connectivity index (χ0v) is 21.9. The summed E-state index contributed by atoms with van der Waals surface area (Å²) < 4.78 is 16.6. The second-order valence-corrected chi connectivity index (χ2v) is 11.4. The van der Waals surface area contributed by atoms with Crippen molar-refractivity contribution in [2.45, 2.75) is 82.3 Å². The first-order valence-electron chi connectivity index (χ1n) is 13.3. The number of rotatable bonds is 4. The Labute approximate surface area is 218 Å². The lowest BCUT2D eigenvalue weighted by Crippen LogP contribution is -2.63. The first-order chi connectivity index (χ1) is 17.7. The van der Waals surface area contributed by atoms with Crippen LogP contribution in [0.1, 0.15) is 58.1 Å². The number of para-hydroxylation sites is 1. The number of hydrogen-bond acceptors (Lipinski definition) is 7. The third kappa shape index (κ3) is 5.70. The van der Waals surface area contributed by atoms with Crippen molar-refractivity contribution in [3.05, 3.63) is 29.8 Å². The maximum absolute atomic E-state index is 14.0. The minimum atomic E-state index is -0.810. The van der Waals surface area contributed by atoms with Gasteiger partial charge < -0.3 is 29.7 Å². The molecule has 3 fully saturated rings. The Kier molecular flexibility index (Phi) is 7.31.